The second-order valence-corrected chi connectivity index (χ2v) is 8.18. The monoisotopic (exact) mass is 362 g/mol. The van der Waals surface area contributed by atoms with Crippen LogP contribution in [0.5, 0.6) is 0 Å². The predicted octanol–water partition coefficient (Wildman–Crippen LogP) is 2.20. The lowest BCUT2D eigenvalue weighted by Gasteiger charge is -2.37. The minimum atomic E-state index is -0.268. The number of carbonyl (C=O) groups is 1. The summed E-state index contributed by atoms with van der Waals surface area (Å²) < 4.78 is 5.77. The van der Waals surface area contributed by atoms with Crippen LogP contribution in [0.3, 0.4) is 0 Å². The normalized spacial score (nSPS) is 26.4. The number of likely N-dealkylation sites (tertiary alicyclic amines) is 1. The lowest BCUT2D eigenvalue weighted by molar-refractivity contribution is -0.150. The average Bonchev–Trinajstić information content (AvgIpc) is 3.25. The van der Waals surface area contributed by atoms with Crippen molar-refractivity contribution in [3.05, 3.63) is 12.3 Å². The van der Waals surface area contributed by atoms with E-state index in [0.29, 0.717) is 0 Å². The lowest BCUT2D eigenvalue weighted by Crippen LogP contribution is -2.43. The summed E-state index contributed by atoms with van der Waals surface area (Å²) in [6.45, 7) is 4.94. The third kappa shape index (κ3) is 3.49. The van der Waals surface area contributed by atoms with Gasteiger partial charge in [-0.2, -0.15) is 0 Å². The van der Waals surface area contributed by atoms with Crippen molar-refractivity contribution in [2.45, 2.75) is 43.4 Å². The molecule has 1 unspecified atom stereocenters. The van der Waals surface area contributed by atoms with Gasteiger partial charge in [-0.25, -0.2) is 9.97 Å². The molecule has 0 bridgehead atoms. The van der Waals surface area contributed by atoms with E-state index in [2.05, 4.69) is 19.8 Å². The van der Waals surface area contributed by atoms with Gasteiger partial charge in [-0.3, -0.25) is 9.69 Å². The maximum absolute atomic E-state index is 12.6. The molecule has 0 aliphatic carbocycles. The minimum absolute atomic E-state index is 0.0313. The number of ether oxygens (including phenoxy) is 1. The Morgan fingerprint density at radius 1 is 1.28 bits per heavy atom. The standard InChI is InChI=1S/C18H26N4O2S/c1-25-17-19-7-4-15(20-17)22-10-5-18(6-11-22)12-14(24-16(18)23)13-21-8-2-3-9-21/h4,7,14H,2-3,5-6,8-13H2,1H3. The number of anilines is 1. The zero-order chi connectivity index (χ0) is 17.3. The summed E-state index contributed by atoms with van der Waals surface area (Å²) in [6, 6.07) is 1.96. The van der Waals surface area contributed by atoms with E-state index in [1.54, 1.807) is 11.8 Å². The Bertz CT molecular complexity index is 627. The molecule has 1 spiro atoms. The molecule has 3 aliphatic rings. The molecule has 0 saturated carbocycles. The molecule has 3 aliphatic heterocycles. The zero-order valence-corrected chi connectivity index (χ0v) is 15.6. The summed E-state index contributed by atoms with van der Waals surface area (Å²) in [5.41, 5.74) is -0.268. The molecule has 4 heterocycles. The Morgan fingerprint density at radius 2 is 2.04 bits per heavy atom. The molecule has 136 valence electrons. The third-order valence-electron chi connectivity index (χ3n) is 5.83. The maximum Gasteiger partial charge on any atom is 0.312 e. The molecule has 4 rings (SSSR count). The smallest absolute Gasteiger partial charge is 0.312 e. The van der Waals surface area contributed by atoms with Gasteiger partial charge in [-0.15, -0.1) is 0 Å². The first-order chi connectivity index (χ1) is 12.2. The highest BCUT2D eigenvalue weighted by atomic mass is 32.2. The topological polar surface area (TPSA) is 58.6 Å². The van der Waals surface area contributed by atoms with Crippen LogP contribution in [0.15, 0.2) is 17.4 Å². The molecule has 0 N–H and O–H groups in total. The number of piperidine rings is 1. The molecule has 6 nitrogen and oxygen atoms in total. The summed E-state index contributed by atoms with van der Waals surface area (Å²) in [7, 11) is 0. The number of aromatic nitrogens is 2. The summed E-state index contributed by atoms with van der Waals surface area (Å²) >= 11 is 1.55. The van der Waals surface area contributed by atoms with Crippen LogP contribution in [0.25, 0.3) is 0 Å². The number of carbonyl (C=O) groups excluding carboxylic acids is 1. The fraction of sp³-hybridized carbons (Fsp3) is 0.722. The Labute approximate surface area is 153 Å². The van der Waals surface area contributed by atoms with Gasteiger partial charge in [0.15, 0.2) is 5.16 Å². The van der Waals surface area contributed by atoms with Gasteiger partial charge in [0, 0.05) is 32.3 Å². The molecule has 1 atom stereocenters. The van der Waals surface area contributed by atoms with Gasteiger partial charge >= 0.3 is 5.97 Å². The van der Waals surface area contributed by atoms with Gasteiger partial charge in [0.2, 0.25) is 0 Å². The summed E-state index contributed by atoms with van der Waals surface area (Å²) in [5, 5.41) is 0.795. The van der Waals surface area contributed by atoms with Crippen LogP contribution < -0.4 is 4.90 Å². The summed E-state index contributed by atoms with van der Waals surface area (Å²) in [6.07, 6.45) is 9.04. The molecule has 0 amide bonds. The fourth-order valence-corrected chi connectivity index (χ4v) is 4.72. The van der Waals surface area contributed by atoms with Crippen molar-refractivity contribution in [3.63, 3.8) is 0 Å². The molecule has 0 radical (unpaired) electrons. The van der Waals surface area contributed by atoms with E-state index in [0.717, 1.165) is 63.0 Å². The number of cyclic esters (lactones) is 1. The van der Waals surface area contributed by atoms with Gasteiger partial charge in [0.25, 0.3) is 0 Å². The van der Waals surface area contributed by atoms with E-state index in [4.69, 9.17) is 4.74 Å². The predicted molar refractivity (Wildman–Crippen MR) is 97.9 cm³/mol. The largest absolute Gasteiger partial charge is 0.461 e. The lowest BCUT2D eigenvalue weighted by atomic mass is 9.76. The van der Waals surface area contributed by atoms with Crippen molar-refractivity contribution in [3.8, 4) is 0 Å². The van der Waals surface area contributed by atoms with Crippen LogP contribution >= 0.6 is 11.8 Å². The molecule has 1 aromatic heterocycles. The van der Waals surface area contributed by atoms with Gasteiger partial charge < -0.3 is 9.64 Å². The van der Waals surface area contributed by atoms with Crippen LogP contribution in [0.2, 0.25) is 0 Å². The van der Waals surface area contributed by atoms with E-state index in [1.807, 2.05) is 18.5 Å². The number of esters is 1. The van der Waals surface area contributed by atoms with Gasteiger partial charge in [-0.05, 0) is 51.1 Å². The Morgan fingerprint density at radius 3 is 2.76 bits per heavy atom. The second kappa shape index (κ2) is 7.11. The van der Waals surface area contributed by atoms with Crippen molar-refractivity contribution in [1.29, 1.82) is 0 Å². The van der Waals surface area contributed by atoms with Crippen LogP contribution in [0.1, 0.15) is 32.1 Å². The van der Waals surface area contributed by atoms with Crippen LogP contribution in [-0.2, 0) is 9.53 Å². The van der Waals surface area contributed by atoms with Crippen molar-refractivity contribution >= 4 is 23.5 Å². The SMILES string of the molecule is CSc1nccc(N2CCC3(CC2)CC(CN2CCCC2)OC3=O)n1. The molecule has 25 heavy (non-hydrogen) atoms. The molecule has 3 saturated heterocycles. The van der Waals surface area contributed by atoms with Crippen molar-refractivity contribution in [1.82, 2.24) is 14.9 Å². The van der Waals surface area contributed by atoms with E-state index in [1.165, 1.54) is 12.8 Å². The van der Waals surface area contributed by atoms with Crippen molar-refractivity contribution in [2.75, 3.05) is 43.9 Å². The number of nitrogens with zero attached hydrogens (tertiary/aromatic N) is 4. The number of hydrogen-bond donors (Lipinski definition) is 0. The number of thioether (sulfide) groups is 1. The average molecular weight is 362 g/mol. The number of rotatable bonds is 4. The van der Waals surface area contributed by atoms with Crippen LogP contribution in [0, 0.1) is 5.41 Å². The molecule has 0 aromatic carbocycles. The quantitative estimate of drug-likeness (QED) is 0.462. The Kier molecular flexibility index (Phi) is 4.86. The maximum atomic E-state index is 12.6. The highest BCUT2D eigenvalue weighted by Gasteiger charge is 2.50. The van der Waals surface area contributed by atoms with Crippen molar-refractivity contribution < 1.29 is 9.53 Å². The second-order valence-electron chi connectivity index (χ2n) is 7.41. The highest BCUT2D eigenvalue weighted by Crippen LogP contribution is 2.44. The first-order valence-electron chi connectivity index (χ1n) is 9.24. The molecule has 3 fully saturated rings. The zero-order valence-electron chi connectivity index (χ0n) is 14.8. The molecule has 1 aromatic rings. The third-order valence-corrected chi connectivity index (χ3v) is 6.39. The first-order valence-corrected chi connectivity index (χ1v) is 10.5. The van der Waals surface area contributed by atoms with Gasteiger partial charge in [-0.1, -0.05) is 11.8 Å². The van der Waals surface area contributed by atoms with E-state index in [-0.39, 0.29) is 17.5 Å². The van der Waals surface area contributed by atoms with E-state index >= 15 is 0 Å². The Balaban J connectivity index is 1.37. The first kappa shape index (κ1) is 17.1. The molecular formula is C18H26N4O2S. The summed E-state index contributed by atoms with van der Waals surface area (Å²) in [5.74, 6) is 0.998. The van der Waals surface area contributed by atoms with Gasteiger partial charge in [0.1, 0.15) is 11.9 Å². The molecular weight excluding hydrogens is 336 g/mol. The van der Waals surface area contributed by atoms with Crippen LogP contribution in [-0.4, -0.2) is 65.9 Å². The highest BCUT2D eigenvalue weighted by molar-refractivity contribution is 7.98. The summed E-state index contributed by atoms with van der Waals surface area (Å²) in [4.78, 5) is 26.1. The fourth-order valence-electron chi connectivity index (χ4n) is 4.37. The van der Waals surface area contributed by atoms with Gasteiger partial charge in [0.05, 0.1) is 5.41 Å². The molecule has 7 heteroatoms. The number of hydrogen-bond acceptors (Lipinski definition) is 7. The van der Waals surface area contributed by atoms with E-state index in [9.17, 15) is 4.79 Å². The van der Waals surface area contributed by atoms with Crippen LogP contribution in [0.4, 0.5) is 5.82 Å². The van der Waals surface area contributed by atoms with Crippen molar-refractivity contribution in [2.24, 2.45) is 5.41 Å². The van der Waals surface area contributed by atoms with E-state index < -0.39 is 0 Å². The Hall–Kier alpha value is -1.34. The minimum Gasteiger partial charge on any atom is -0.461 e.